The van der Waals surface area contributed by atoms with Crippen LogP contribution in [0, 0.1) is 0 Å². The molecule has 0 unspecified atom stereocenters. The quantitative estimate of drug-likeness (QED) is 0.635. The van der Waals surface area contributed by atoms with Gasteiger partial charge in [0, 0.05) is 19.7 Å². The van der Waals surface area contributed by atoms with Crippen LogP contribution < -0.4 is 5.32 Å². The largest absolute Gasteiger partial charge is 0.325 e. The number of carbonyl (C=O) groups excluding carboxylic acids is 1. The fourth-order valence-corrected chi connectivity index (χ4v) is 0.744. The van der Waals surface area contributed by atoms with Gasteiger partial charge in [-0.3, -0.25) is 9.79 Å². The molecule has 0 rings (SSSR count). The van der Waals surface area contributed by atoms with Gasteiger partial charge in [0.15, 0.2) is 0 Å². The average Bonchev–Trinajstić information content (AvgIpc) is 2.05. The summed E-state index contributed by atoms with van der Waals surface area (Å²) in [4.78, 5) is 14.8. The van der Waals surface area contributed by atoms with Crippen molar-refractivity contribution in [1.29, 1.82) is 0 Å². The highest BCUT2D eigenvalue weighted by Crippen LogP contribution is 1.90. The smallest absolute Gasteiger partial charge is 0.224 e. The van der Waals surface area contributed by atoms with Crippen molar-refractivity contribution in [1.82, 2.24) is 5.32 Å². The van der Waals surface area contributed by atoms with E-state index in [1.165, 1.54) is 0 Å². The van der Waals surface area contributed by atoms with Crippen LogP contribution in [0.4, 0.5) is 0 Å². The highest BCUT2D eigenvalue weighted by Gasteiger charge is 1.97. The van der Waals surface area contributed by atoms with Crippen molar-refractivity contribution < 1.29 is 4.79 Å². The van der Waals surface area contributed by atoms with E-state index < -0.39 is 0 Å². The predicted octanol–water partition coefficient (Wildman–Crippen LogP) is 1.51. The van der Waals surface area contributed by atoms with E-state index in [0.717, 1.165) is 12.1 Å². The third-order valence-electron chi connectivity index (χ3n) is 1.30. The first kappa shape index (κ1) is 10.9. The molecule has 0 heterocycles. The summed E-state index contributed by atoms with van der Waals surface area (Å²) < 4.78 is 0. The van der Waals surface area contributed by atoms with E-state index in [-0.39, 0.29) is 5.91 Å². The van der Waals surface area contributed by atoms with Gasteiger partial charge in [-0.15, -0.1) is 0 Å². The van der Waals surface area contributed by atoms with E-state index in [1.54, 1.807) is 13.3 Å². The molecule has 0 radical (unpaired) electrons. The third kappa shape index (κ3) is 4.66. The van der Waals surface area contributed by atoms with E-state index in [1.807, 2.05) is 19.9 Å². The molecule has 12 heavy (non-hydrogen) atoms. The summed E-state index contributed by atoms with van der Waals surface area (Å²) in [5.41, 5.74) is 0.784. The lowest BCUT2D eigenvalue weighted by molar-refractivity contribution is -0.119. The van der Waals surface area contributed by atoms with E-state index in [4.69, 9.17) is 0 Å². The molecule has 1 N–H and O–H groups in total. The van der Waals surface area contributed by atoms with Gasteiger partial charge in [0.05, 0.1) is 5.70 Å². The fraction of sp³-hybridized carbons (Fsp3) is 0.556. The number of carbonyl (C=O) groups is 1. The summed E-state index contributed by atoms with van der Waals surface area (Å²) in [5.74, 6) is 0.0228. The molecule has 0 saturated carbocycles. The number of hydrogen-bond donors (Lipinski definition) is 1. The lowest BCUT2D eigenvalue weighted by atomic mass is 10.3. The standard InChI is InChI=1S/C9H16N2O/c1-4-6-8(7-10-3)11-9(12)5-2/h6-7H,4-5H2,1-3H3,(H,11,12)/b8-6+,10-7?. The van der Waals surface area contributed by atoms with Crippen molar-refractivity contribution in [2.75, 3.05) is 7.05 Å². The molecule has 0 saturated heterocycles. The molecule has 0 aromatic heterocycles. The first-order chi connectivity index (χ1) is 5.74. The van der Waals surface area contributed by atoms with Gasteiger partial charge in [-0.25, -0.2) is 0 Å². The molecule has 68 valence electrons. The van der Waals surface area contributed by atoms with Gasteiger partial charge in [-0.05, 0) is 6.42 Å². The molecule has 3 heteroatoms. The van der Waals surface area contributed by atoms with Crippen LogP contribution in [0.25, 0.3) is 0 Å². The third-order valence-corrected chi connectivity index (χ3v) is 1.30. The van der Waals surface area contributed by atoms with Crippen molar-refractivity contribution in [3.63, 3.8) is 0 Å². The SMILES string of the molecule is CC/C=C(\C=NC)NC(=O)CC. The Bertz CT molecular complexity index is 195. The Morgan fingerprint density at radius 2 is 2.17 bits per heavy atom. The molecule has 0 fully saturated rings. The van der Waals surface area contributed by atoms with E-state index in [0.29, 0.717) is 6.42 Å². The van der Waals surface area contributed by atoms with Crippen molar-refractivity contribution >= 4 is 12.1 Å². The normalized spacial score (nSPS) is 12.1. The second-order valence-electron chi connectivity index (χ2n) is 2.36. The number of aliphatic imine (C=N–C) groups is 1. The van der Waals surface area contributed by atoms with Crippen LogP contribution in [0.5, 0.6) is 0 Å². The molecule has 0 aromatic rings. The summed E-state index contributed by atoms with van der Waals surface area (Å²) in [6.07, 6.45) is 4.97. The molecule has 0 bridgehead atoms. The van der Waals surface area contributed by atoms with Gasteiger partial charge < -0.3 is 5.32 Å². The number of hydrogen-bond acceptors (Lipinski definition) is 2. The maximum Gasteiger partial charge on any atom is 0.224 e. The van der Waals surface area contributed by atoms with Crippen LogP contribution in [0.1, 0.15) is 26.7 Å². The Kier molecular flexibility index (Phi) is 5.97. The second-order valence-corrected chi connectivity index (χ2v) is 2.36. The Morgan fingerprint density at radius 1 is 1.50 bits per heavy atom. The van der Waals surface area contributed by atoms with Crippen LogP contribution in [0.15, 0.2) is 16.8 Å². The maximum atomic E-state index is 11.0. The Hall–Kier alpha value is -1.12. The van der Waals surface area contributed by atoms with Gasteiger partial charge in [0.25, 0.3) is 0 Å². The number of nitrogens with zero attached hydrogens (tertiary/aromatic N) is 1. The maximum absolute atomic E-state index is 11.0. The number of nitrogens with one attached hydrogen (secondary N) is 1. The summed E-state index contributed by atoms with van der Waals surface area (Å²) in [6.45, 7) is 3.84. The topological polar surface area (TPSA) is 41.5 Å². The lowest BCUT2D eigenvalue weighted by Crippen LogP contribution is -2.22. The van der Waals surface area contributed by atoms with Crippen molar-refractivity contribution in [3.8, 4) is 0 Å². The second kappa shape index (κ2) is 6.58. The van der Waals surface area contributed by atoms with Crippen molar-refractivity contribution in [2.24, 2.45) is 4.99 Å². The fourth-order valence-electron chi connectivity index (χ4n) is 0.744. The van der Waals surface area contributed by atoms with Gasteiger partial charge in [-0.2, -0.15) is 0 Å². The van der Waals surface area contributed by atoms with Gasteiger partial charge in [0.2, 0.25) is 5.91 Å². The lowest BCUT2D eigenvalue weighted by Gasteiger charge is -2.02. The van der Waals surface area contributed by atoms with Crippen LogP contribution in [-0.2, 0) is 4.79 Å². The van der Waals surface area contributed by atoms with Gasteiger partial charge >= 0.3 is 0 Å². The van der Waals surface area contributed by atoms with Crippen molar-refractivity contribution in [2.45, 2.75) is 26.7 Å². The molecule has 0 aromatic carbocycles. The zero-order valence-corrected chi connectivity index (χ0v) is 7.92. The molecule has 0 atom stereocenters. The molecule has 0 aliphatic carbocycles. The minimum absolute atomic E-state index is 0.0228. The molecule has 0 aliphatic rings. The first-order valence-electron chi connectivity index (χ1n) is 4.16. The number of allylic oxidation sites excluding steroid dienone is 2. The molecular formula is C9H16N2O. The highest BCUT2D eigenvalue weighted by molar-refractivity contribution is 5.87. The monoisotopic (exact) mass is 168 g/mol. The van der Waals surface area contributed by atoms with Gasteiger partial charge in [-0.1, -0.05) is 19.9 Å². The van der Waals surface area contributed by atoms with Crippen LogP contribution in [-0.4, -0.2) is 19.2 Å². The van der Waals surface area contributed by atoms with Crippen molar-refractivity contribution in [3.05, 3.63) is 11.8 Å². The average molecular weight is 168 g/mol. The zero-order chi connectivity index (χ0) is 9.40. The minimum Gasteiger partial charge on any atom is -0.325 e. The van der Waals surface area contributed by atoms with Crippen LogP contribution >= 0.6 is 0 Å². The molecule has 1 amide bonds. The summed E-state index contributed by atoms with van der Waals surface area (Å²) in [7, 11) is 1.68. The summed E-state index contributed by atoms with van der Waals surface area (Å²) >= 11 is 0. The summed E-state index contributed by atoms with van der Waals surface area (Å²) in [5, 5.41) is 2.74. The van der Waals surface area contributed by atoms with Crippen LogP contribution in [0.3, 0.4) is 0 Å². The Balaban J connectivity index is 4.14. The minimum atomic E-state index is 0.0228. The molecule has 0 aliphatic heterocycles. The number of amides is 1. The Morgan fingerprint density at radius 3 is 2.58 bits per heavy atom. The van der Waals surface area contributed by atoms with E-state index >= 15 is 0 Å². The number of rotatable bonds is 4. The Labute approximate surface area is 73.6 Å². The van der Waals surface area contributed by atoms with E-state index in [2.05, 4.69) is 10.3 Å². The van der Waals surface area contributed by atoms with E-state index in [9.17, 15) is 4.79 Å². The van der Waals surface area contributed by atoms with Crippen LogP contribution in [0.2, 0.25) is 0 Å². The highest BCUT2D eigenvalue weighted by atomic mass is 16.1. The molecule has 0 spiro atoms. The molecular weight excluding hydrogens is 152 g/mol. The first-order valence-corrected chi connectivity index (χ1v) is 4.16. The molecule has 3 nitrogen and oxygen atoms in total. The summed E-state index contributed by atoms with van der Waals surface area (Å²) in [6, 6.07) is 0. The van der Waals surface area contributed by atoms with Gasteiger partial charge in [0.1, 0.15) is 0 Å². The zero-order valence-electron chi connectivity index (χ0n) is 7.92. The predicted molar refractivity (Wildman–Crippen MR) is 51.2 cm³/mol.